The van der Waals surface area contributed by atoms with Crippen LogP contribution in [0.4, 0.5) is 16.2 Å². The van der Waals surface area contributed by atoms with Gasteiger partial charge in [-0.1, -0.05) is 0 Å². The number of carbonyl (C=O) groups is 2. The van der Waals surface area contributed by atoms with Crippen LogP contribution in [0.1, 0.15) is 12.5 Å². The van der Waals surface area contributed by atoms with Crippen molar-refractivity contribution in [2.75, 3.05) is 44.6 Å². The van der Waals surface area contributed by atoms with E-state index >= 15 is 0 Å². The van der Waals surface area contributed by atoms with E-state index in [1.807, 2.05) is 4.90 Å². The summed E-state index contributed by atoms with van der Waals surface area (Å²) in [6.45, 7) is 6.23. The van der Waals surface area contributed by atoms with Gasteiger partial charge in [-0.15, -0.1) is 0 Å². The lowest BCUT2D eigenvalue weighted by Gasteiger charge is -2.33. The van der Waals surface area contributed by atoms with Crippen LogP contribution in [0.2, 0.25) is 0 Å². The number of anilines is 1. The second kappa shape index (κ2) is 8.43. The number of nitrogens with one attached hydrogen (secondary N) is 1. The number of nitro groups is 1. The number of non-ortho nitro benzene ring substituents is 1. The van der Waals surface area contributed by atoms with Gasteiger partial charge in [0.25, 0.3) is 5.69 Å². The van der Waals surface area contributed by atoms with Crippen LogP contribution in [0.25, 0.3) is 0 Å². The van der Waals surface area contributed by atoms with Gasteiger partial charge in [0.1, 0.15) is 0 Å². The minimum Gasteiger partial charge on any atom is -0.450 e. The van der Waals surface area contributed by atoms with Gasteiger partial charge in [0.15, 0.2) is 0 Å². The lowest BCUT2D eigenvalue weighted by molar-refractivity contribution is -0.384. The number of amides is 2. The molecule has 2 amide bonds. The molecule has 0 spiro atoms. The highest BCUT2D eigenvalue weighted by Crippen LogP contribution is 2.21. The third-order valence-corrected chi connectivity index (χ3v) is 3.96. The first-order valence-corrected chi connectivity index (χ1v) is 8.09. The Morgan fingerprint density at radius 2 is 1.96 bits per heavy atom. The Labute approximate surface area is 145 Å². The number of aryl methyl sites for hydroxylation is 1. The first-order chi connectivity index (χ1) is 11.9. The third kappa shape index (κ3) is 5.15. The molecule has 0 bridgehead atoms. The summed E-state index contributed by atoms with van der Waals surface area (Å²) in [5.74, 6) is -0.193. The normalized spacial score (nSPS) is 14.9. The average Bonchev–Trinajstić information content (AvgIpc) is 2.57. The van der Waals surface area contributed by atoms with Gasteiger partial charge in [0.05, 0.1) is 18.1 Å². The van der Waals surface area contributed by atoms with Crippen molar-refractivity contribution in [1.82, 2.24) is 9.80 Å². The van der Waals surface area contributed by atoms with Crippen LogP contribution < -0.4 is 5.32 Å². The first kappa shape index (κ1) is 18.7. The molecule has 25 heavy (non-hydrogen) atoms. The molecule has 0 unspecified atom stereocenters. The summed E-state index contributed by atoms with van der Waals surface area (Å²) in [4.78, 5) is 37.7. The third-order valence-electron chi connectivity index (χ3n) is 3.96. The van der Waals surface area contributed by atoms with Crippen LogP contribution in [0, 0.1) is 17.0 Å². The Hall–Kier alpha value is -2.68. The summed E-state index contributed by atoms with van der Waals surface area (Å²) in [6.07, 6.45) is -0.326. The van der Waals surface area contributed by atoms with Crippen LogP contribution in [0.5, 0.6) is 0 Å². The standard InChI is InChI=1S/C16H22N4O5/c1-3-25-16(22)19-8-6-18(7-9-19)11-15(21)17-14-5-4-13(20(23)24)10-12(14)2/h4-5,10H,3,6-9,11H2,1-2H3,(H,17,21). The zero-order valence-electron chi connectivity index (χ0n) is 14.4. The fourth-order valence-electron chi connectivity index (χ4n) is 2.60. The average molecular weight is 350 g/mol. The number of nitrogens with zero attached hydrogens (tertiary/aromatic N) is 3. The van der Waals surface area contributed by atoms with E-state index in [0.717, 1.165) is 0 Å². The van der Waals surface area contributed by atoms with Crippen molar-refractivity contribution in [3.05, 3.63) is 33.9 Å². The summed E-state index contributed by atoms with van der Waals surface area (Å²) < 4.78 is 4.96. The van der Waals surface area contributed by atoms with E-state index in [1.54, 1.807) is 18.7 Å². The molecule has 136 valence electrons. The Morgan fingerprint density at radius 1 is 1.28 bits per heavy atom. The summed E-state index contributed by atoms with van der Waals surface area (Å²) in [7, 11) is 0. The van der Waals surface area contributed by atoms with Gasteiger partial charge in [-0.05, 0) is 25.5 Å². The minimum absolute atomic E-state index is 0.00872. The zero-order chi connectivity index (χ0) is 18.4. The molecule has 1 fully saturated rings. The molecule has 1 saturated heterocycles. The molecule has 9 nitrogen and oxygen atoms in total. The smallest absolute Gasteiger partial charge is 0.409 e. The van der Waals surface area contributed by atoms with Crippen molar-refractivity contribution >= 4 is 23.4 Å². The predicted octanol–water partition coefficient (Wildman–Crippen LogP) is 1.62. The van der Waals surface area contributed by atoms with Crippen LogP contribution in [0.15, 0.2) is 18.2 Å². The molecule has 0 aliphatic carbocycles. The molecule has 1 aromatic carbocycles. The fraction of sp³-hybridized carbons (Fsp3) is 0.500. The van der Waals surface area contributed by atoms with Crippen molar-refractivity contribution in [3.8, 4) is 0 Å². The molecule has 2 rings (SSSR count). The van der Waals surface area contributed by atoms with Crippen LogP contribution in [-0.4, -0.2) is 66.1 Å². The van der Waals surface area contributed by atoms with Crippen molar-refractivity contribution in [1.29, 1.82) is 0 Å². The second-order valence-electron chi connectivity index (χ2n) is 5.77. The Balaban J connectivity index is 1.83. The molecule has 0 saturated carbocycles. The van der Waals surface area contributed by atoms with Gasteiger partial charge in [0, 0.05) is 44.0 Å². The molecule has 1 heterocycles. The maximum absolute atomic E-state index is 12.2. The van der Waals surface area contributed by atoms with Gasteiger partial charge in [-0.3, -0.25) is 19.8 Å². The summed E-state index contributed by atoms with van der Waals surface area (Å²) in [5.41, 5.74) is 1.18. The highest BCUT2D eigenvalue weighted by molar-refractivity contribution is 5.93. The zero-order valence-corrected chi connectivity index (χ0v) is 14.4. The van der Waals surface area contributed by atoms with E-state index in [2.05, 4.69) is 5.32 Å². The molecule has 0 radical (unpaired) electrons. The number of carbonyl (C=O) groups excluding carboxylic acids is 2. The van der Waals surface area contributed by atoms with Gasteiger partial charge >= 0.3 is 6.09 Å². The van der Waals surface area contributed by atoms with Crippen LogP contribution >= 0.6 is 0 Å². The number of ether oxygens (including phenoxy) is 1. The van der Waals surface area contributed by atoms with Crippen molar-refractivity contribution in [3.63, 3.8) is 0 Å². The number of benzene rings is 1. The van der Waals surface area contributed by atoms with Gasteiger partial charge < -0.3 is 15.0 Å². The monoisotopic (exact) mass is 350 g/mol. The molecular formula is C16H22N4O5. The Morgan fingerprint density at radius 3 is 2.52 bits per heavy atom. The van der Waals surface area contributed by atoms with Crippen molar-refractivity contribution < 1.29 is 19.2 Å². The first-order valence-electron chi connectivity index (χ1n) is 8.09. The Kier molecular flexibility index (Phi) is 6.29. The topological polar surface area (TPSA) is 105 Å². The second-order valence-corrected chi connectivity index (χ2v) is 5.77. The lowest BCUT2D eigenvalue weighted by atomic mass is 10.2. The van der Waals surface area contributed by atoms with Crippen LogP contribution in [-0.2, 0) is 9.53 Å². The fourth-order valence-corrected chi connectivity index (χ4v) is 2.60. The molecule has 0 aromatic heterocycles. The quantitative estimate of drug-likeness (QED) is 0.639. The SMILES string of the molecule is CCOC(=O)N1CCN(CC(=O)Nc2ccc([N+](=O)[O-])cc2C)CC1. The predicted molar refractivity (Wildman–Crippen MR) is 91.5 cm³/mol. The number of nitro benzene ring substituents is 1. The Bertz CT molecular complexity index is 656. The van der Waals surface area contributed by atoms with Crippen molar-refractivity contribution in [2.45, 2.75) is 13.8 Å². The highest BCUT2D eigenvalue weighted by Gasteiger charge is 2.23. The van der Waals surface area contributed by atoms with Gasteiger partial charge in [-0.25, -0.2) is 4.79 Å². The minimum atomic E-state index is -0.471. The van der Waals surface area contributed by atoms with E-state index < -0.39 is 4.92 Å². The summed E-state index contributed by atoms with van der Waals surface area (Å²) in [6, 6.07) is 4.32. The van der Waals surface area contributed by atoms with E-state index in [9.17, 15) is 19.7 Å². The molecule has 1 aliphatic heterocycles. The summed E-state index contributed by atoms with van der Waals surface area (Å²) >= 11 is 0. The highest BCUT2D eigenvalue weighted by atomic mass is 16.6. The number of hydrogen-bond donors (Lipinski definition) is 1. The maximum Gasteiger partial charge on any atom is 0.409 e. The number of hydrogen-bond acceptors (Lipinski definition) is 6. The van der Waals surface area contributed by atoms with Gasteiger partial charge in [0.2, 0.25) is 5.91 Å². The molecular weight excluding hydrogens is 328 g/mol. The van der Waals surface area contributed by atoms with Crippen molar-refractivity contribution in [2.24, 2.45) is 0 Å². The molecule has 1 aromatic rings. The van der Waals surface area contributed by atoms with Gasteiger partial charge in [-0.2, -0.15) is 0 Å². The molecule has 9 heteroatoms. The van der Waals surface area contributed by atoms with E-state index in [-0.39, 0.29) is 24.2 Å². The van der Waals surface area contributed by atoms with E-state index in [0.29, 0.717) is 44.0 Å². The molecule has 1 N–H and O–H groups in total. The van der Waals surface area contributed by atoms with Crippen LogP contribution in [0.3, 0.4) is 0 Å². The van der Waals surface area contributed by atoms with E-state index in [4.69, 9.17) is 4.74 Å². The largest absolute Gasteiger partial charge is 0.450 e. The van der Waals surface area contributed by atoms with E-state index in [1.165, 1.54) is 18.2 Å². The number of piperazine rings is 1. The molecule has 1 aliphatic rings. The lowest BCUT2D eigenvalue weighted by Crippen LogP contribution is -2.50. The molecule has 0 atom stereocenters. The number of rotatable bonds is 5. The summed E-state index contributed by atoms with van der Waals surface area (Å²) in [5, 5.41) is 13.5. The maximum atomic E-state index is 12.2.